The second-order valence-corrected chi connectivity index (χ2v) is 8.28. The van der Waals surface area contributed by atoms with Gasteiger partial charge in [0, 0.05) is 17.5 Å². The van der Waals surface area contributed by atoms with Crippen LogP contribution in [0.4, 0.5) is 0 Å². The van der Waals surface area contributed by atoms with E-state index >= 15 is 0 Å². The van der Waals surface area contributed by atoms with Gasteiger partial charge in [-0.2, -0.15) is 0 Å². The maximum Gasteiger partial charge on any atom is 0.263 e. The van der Waals surface area contributed by atoms with E-state index in [1.54, 1.807) is 10.6 Å². The van der Waals surface area contributed by atoms with Gasteiger partial charge in [0.25, 0.3) is 5.56 Å². The Hall–Kier alpha value is -2.38. The number of fused-ring (bicyclic) bond motifs is 1. The van der Waals surface area contributed by atoms with E-state index in [4.69, 9.17) is 0 Å². The standard InChI is InChI=1S/C20H21N3O2S2/c1-4-10-23-19(25)15-11-16(14-8-6-5-7-9-14)27-18(15)22-20(23)26-12-17(24)21-13(2)3/h4-9,11,13H,1,10,12H2,2-3H3,(H,21,24). The first-order valence-corrected chi connectivity index (χ1v) is 10.4. The van der Waals surface area contributed by atoms with Gasteiger partial charge in [0.1, 0.15) is 4.83 Å². The molecule has 0 atom stereocenters. The predicted octanol–water partition coefficient (Wildman–Crippen LogP) is 3.93. The highest BCUT2D eigenvalue weighted by Gasteiger charge is 2.16. The molecule has 0 radical (unpaired) electrons. The van der Waals surface area contributed by atoms with Gasteiger partial charge in [0.2, 0.25) is 5.91 Å². The molecule has 0 aliphatic heterocycles. The Balaban J connectivity index is 1.99. The van der Waals surface area contributed by atoms with Crippen LogP contribution in [-0.2, 0) is 11.3 Å². The Morgan fingerprint density at radius 3 is 2.78 bits per heavy atom. The highest BCUT2D eigenvalue weighted by atomic mass is 32.2. The van der Waals surface area contributed by atoms with Crippen molar-refractivity contribution in [3.05, 3.63) is 59.4 Å². The van der Waals surface area contributed by atoms with Crippen LogP contribution in [0.2, 0.25) is 0 Å². The van der Waals surface area contributed by atoms with Crippen molar-refractivity contribution in [1.29, 1.82) is 0 Å². The number of thioether (sulfide) groups is 1. The third-order valence-electron chi connectivity index (χ3n) is 3.77. The van der Waals surface area contributed by atoms with Crippen molar-refractivity contribution in [2.24, 2.45) is 0 Å². The molecule has 1 N–H and O–H groups in total. The summed E-state index contributed by atoms with van der Waals surface area (Å²) in [5, 5.41) is 3.98. The van der Waals surface area contributed by atoms with Crippen molar-refractivity contribution < 1.29 is 4.79 Å². The number of nitrogens with one attached hydrogen (secondary N) is 1. The van der Waals surface area contributed by atoms with Crippen LogP contribution in [0.3, 0.4) is 0 Å². The van der Waals surface area contributed by atoms with Crippen LogP contribution in [0.15, 0.2) is 59.0 Å². The van der Waals surface area contributed by atoms with E-state index in [2.05, 4.69) is 16.9 Å². The van der Waals surface area contributed by atoms with Crippen LogP contribution in [0, 0.1) is 0 Å². The van der Waals surface area contributed by atoms with Gasteiger partial charge < -0.3 is 5.32 Å². The number of aromatic nitrogens is 2. The lowest BCUT2D eigenvalue weighted by atomic mass is 10.2. The molecule has 3 rings (SSSR count). The lowest BCUT2D eigenvalue weighted by Gasteiger charge is -2.11. The fourth-order valence-electron chi connectivity index (χ4n) is 2.64. The van der Waals surface area contributed by atoms with Crippen molar-refractivity contribution in [2.75, 3.05) is 5.75 Å². The summed E-state index contributed by atoms with van der Waals surface area (Å²) in [6, 6.07) is 11.9. The molecule has 1 aromatic carbocycles. The number of allylic oxidation sites excluding steroid dienone is 1. The van der Waals surface area contributed by atoms with Crippen LogP contribution >= 0.6 is 23.1 Å². The average molecular weight is 400 g/mol. The Morgan fingerprint density at radius 1 is 1.37 bits per heavy atom. The monoisotopic (exact) mass is 399 g/mol. The Kier molecular flexibility index (Phi) is 6.13. The molecular formula is C20H21N3O2S2. The van der Waals surface area contributed by atoms with E-state index < -0.39 is 0 Å². The molecule has 0 unspecified atom stereocenters. The van der Waals surface area contributed by atoms with Crippen molar-refractivity contribution >= 4 is 39.2 Å². The van der Waals surface area contributed by atoms with Gasteiger partial charge in [0.15, 0.2) is 5.16 Å². The molecule has 0 saturated heterocycles. The molecule has 27 heavy (non-hydrogen) atoms. The van der Waals surface area contributed by atoms with E-state index in [1.807, 2.05) is 50.2 Å². The zero-order valence-corrected chi connectivity index (χ0v) is 16.9. The first-order valence-electron chi connectivity index (χ1n) is 8.62. The van der Waals surface area contributed by atoms with E-state index in [0.29, 0.717) is 21.9 Å². The summed E-state index contributed by atoms with van der Waals surface area (Å²) in [6.07, 6.45) is 1.66. The fraction of sp³-hybridized carbons (Fsp3) is 0.250. The van der Waals surface area contributed by atoms with Crippen LogP contribution in [0.5, 0.6) is 0 Å². The van der Waals surface area contributed by atoms with Gasteiger partial charge in [-0.25, -0.2) is 4.98 Å². The molecule has 0 bridgehead atoms. The summed E-state index contributed by atoms with van der Waals surface area (Å²) in [5.41, 5.74) is 0.950. The van der Waals surface area contributed by atoms with E-state index in [0.717, 1.165) is 10.4 Å². The van der Waals surface area contributed by atoms with Crippen LogP contribution in [0.1, 0.15) is 13.8 Å². The van der Waals surface area contributed by atoms with Gasteiger partial charge in [0.05, 0.1) is 11.1 Å². The third kappa shape index (κ3) is 4.48. The largest absolute Gasteiger partial charge is 0.353 e. The number of rotatable bonds is 7. The maximum atomic E-state index is 13.0. The second-order valence-electron chi connectivity index (χ2n) is 6.31. The lowest BCUT2D eigenvalue weighted by molar-refractivity contribution is -0.119. The molecule has 0 aliphatic rings. The Labute approximate surface area is 166 Å². The number of carbonyl (C=O) groups excluding carboxylic acids is 1. The zero-order chi connectivity index (χ0) is 19.4. The summed E-state index contributed by atoms with van der Waals surface area (Å²) >= 11 is 2.76. The molecule has 2 aromatic heterocycles. The number of hydrogen-bond donors (Lipinski definition) is 1. The van der Waals surface area contributed by atoms with Gasteiger partial charge in [-0.15, -0.1) is 17.9 Å². The molecule has 0 fully saturated rings. The van der Waals surface area contributed by atoms with Crippen molar-refractivity contribution in [1.82, 2.24) is 14.9 Å². The normalized spacial score (nSPS) is 11.1. The number of nitrogens with zero attached hydrogens (tertiary/aromatic N) is 2. The minimum absolute atomic E-state index is 0.0781. The van der Waals surface area contributed by atoms with Crippen LogP contribution in [0.25, 0.3) is 20.7 Å². The van der Waals surface area contributed by atoms with Crippen molar-refractivity contribution in [3.8, 4) is 10.4 Å². The Morgan fingerprint density at radius 2 is 2.11 bits per heavy atom. The van der Waals surface area contributed by atoms with Gasteiger partial charge >= 0.3 is 0 Å². The number of hydrogen-bond acceptors (Lipinski definition) is 5. The third-order valence-corrected chi connectivity index (χ3v) is 5.82. The predicted molar refractivity (Wildman–Crippen MR) is 114 cm³/mol. The van der Waals surface area contributed by atoms with Crippen molar-refractivity contribution in [3.63, 3.8) is 0 Å². The molecule has 0 saturated carbocycles. The van der Waals surface area contributed by atoms with Crippen LogP contribution < -0.4 is 10.9 Å². The quantitative estimate of drug-likeness (QED) is 0.371. The van der Waals surface area contributed by atoms with Gasteiger partial charge in [-0.05, 0) is 25.5 Å². The molecule has 1 amide bonds. The van der Waals surface area contributed by atoms with E-state index in [-0.39, 0.29) is 23.3 Å². The minimum atomic E-state index is -0.106. The zero-order valence-electron chi connectivity index (χ0n) is 15.3. The molecule has 7 heteroatoms. The first-order chi connectivity index (χ1) is 13.0. The summed E-state index contributed by atoms with van der Waals surface area (Å²) in [6.45, 7) is 7.91. The number of amides is 1. The fourth-order valence-corrected chi connectivity index (χ4v) is 4.53. The first kappa shape index (κ1) is 19.4. The van der Waals surface area contributed by atoms with E-state index in [9.17, 15) is 9.59 Å². The summed E-state index contributed by atoms with van der Waals surface area (Å²) in [4.78, 5) is 31.3. The second kappa shape index (κ2) is 8.54. The topological polar surface area (TPSA) is 64.0 Å². The molecule has 2 heterocycles. The Bertz CT molecular complexity index is 1020. The smallest absolute Gasteiger partial charge is 0.263 e. The summed E-state index contributed by atoms with van der Waals surface area (Å²) < 4.78 is 1.57. The molecular weight excluding hydrogens is 378 g/mol. The SMILES string of the molecule is C=CCn1c(SCC(=O)NC(C)C)nc2sc(-c3ccccc3)cc2c1=O. The highest BCUT2D eigenvalue weighted by molar-refractivity contribution is 7.99. The molecule has 3 aromatic rings. The van der Waals surface area contributed by atoms with Crippen LogP contribution in [-0.4, -0.2) is 27.3 Å². The molecule has 0 spiro atoms. The average Bonchev–Trinajstić information content (AvgIpc) is 3.07. The lowest BCUT2D eigenvalue weighted by Crippen LogP contribution is -2.32. The molecule has 5 nitrogen and oxygen atoms in total. The summed E-state index contributed by atoms with van der Waals surface area (Å²) in [7, 11) is 0. The summed E-state index contributed by atoms with van der Waals surface area (Å²) in [5.74, 6) is 0.134. The number of thiophene rings is 1. The highest BCUT2D eigenvalue weighted by Crippen LogP contribution is 2.32. The number of carbonyl (C=O) groups is 1. The minimum Gasteiger partial charge on any atom is -0.353 e. The van der Waals surface area contributed by atoms with E-state index in [1.165, 1.54) is 23.1 Å². The van der Waals surface area contributed by atoms with Crippen molar-refractivity contribution in [2.45, 2.75) is 31.6 Å². The molecule has 0 aliphatic carbocycles. The van der Waals surface area contributed by atoms with Gasteiger partial charge in [-0.3, -0.25) is 14.2 Å². The van der Waals surface area contributed by atoms with Gasteiger partial charge in [-0.1, -0.05) is 48.2 Å². The number of benzene rings is 1. The maximum absolute atomic E-state index is 13.0. The molecule has 140 valence electrons.